The molecule has 0 bridgehead atoms. The van der Waals surface area contributed by atoms with Gasteiger partial charge in [-0.25, -0.2) is 8.42 Å². The maximum atomic E-state index is 11.9. The van der Waals surface area contributed by atoms with Crippen molar-refractivity contribution in [3.63, 3.8) is 0 Å². The van der Waals surface area contributed by atoms with Gasteiger partial charge in [-0.05, 0) is 42.0 Å². The number of ether oxygens (including phenoxy) is 3. The van der Waals surface area contributed by atoms with Crippen LogP contribution < -0.4 is 19.9 Å². The highest BCUT2D eigenvalue weighted by Crippen LogP contribution is 2.32. The van der Waals surface area contributed by atoms with Crippen molar-refractivity contribution in [2.45, 2.75) is 11.4 Å². The minimum Gasteiger partial charge on any atom is -0.744 e. The van der Waals surface area contributed by atoms with Crippen LogP contribution in [-0.2, 0) is 16.7 Å². The fourth-order valence-electron chi connectivity index (χ4n) is 2.96. The van der Waals surface area contributed by atoms with Crippen molar-refractivity contribution in [3.05, 3.63) is 89.5 Å². The van der Waals surface area contributed by atoms with Crippen molar-refractivity contribution in [2.75, 3.05) is 13.9 Å². The summed E-state index contributed by atoms with van der Waals surface area (Å²) in [5, 5.41) is 0. The van der Waals surface area contributed by atoms with Gasteiger partial charge in [0.1, 0.15) is 15.9 Å². The molecule has 0 spiro atoms. The Kier molecular flexibility index (Phi) is 9.34. The smallest absolute Gasteiger partial charge is 0.231 e. The van der Waals surface area contributed by atoms with Crippen molar-refractivity contribution in [2.24, 2.45) is 0 Å². The lowest BCUT2D eigenvalue weighted by molar-refractivity contribution is -0.386. The zero-order chi connectivity index (χ0) is 23.8. The largest absolute Gasteiger partial charge is 0.744 e. The Hall–Kier alpha value is -3.70. The fraction of sp³-hybridized carbons (Fsp3) is 0.125. The number of quaternary nitrogens is 1. The minimum absolute atomic E-state index is 0. The Bertz CT molecular complexity index is 1260. The predicted molar refractivity (Wildman–Crippen MR) is 124 cm³/mol. The third-order valence-corrected chi connectivity index (χ3v) is 5.53. The monoisotopic (exact) mass is 487 g/mol. The molecule has 5 N–H and O–H groups in total. The van der Waals surface area contributed by atoms with Gasteiger partial charge in [0.25, 0.3) is 0 Å². The summed E-state index contributed by atoms with van der Waals surface area (Å²) in [6.45, 7) is 1.13. The van der Waals surface area contributed by atoms with Crippen LogP contribution in [0, 0.1) is 0 Å². The first kappa shape index (κ1) is 26.6. The molecule has 10 heteroatoms. The molecule has 0 atom stereocenters. The van der Waals surface area contributed by atoms with Gasteiger partial charge in [0, 0.05) is 11.1 Å². The van der Waals surface area contributed by atoms with Crippen LogP contribution in [0.5, 0.6) is 17.2 Å². The number of carbonyl (C=O) groups excluding carboxylic acids is 1. The second-order valence-electron chi connectivity index (χ2n) is 6.87. The summed E-state index contributed by atoms with van der Waals surface area (Å²) in [5.74, 6) is 1.43. The van der Waals surface area contributed by atoms with Crippen LogP contribution in [0.4, 0.5) is 0 Å². The maximum absolute atomic E-state index is 11.9. The van der Waals surface area contributed by atoms with Gasteiger partial charge in [0.05, 0.1) is 18.6 Å². The molecule has 0 aromatic heterocycles. The van der Waals surface area contributed by atoms with Crippen molar-refractivity contribution in [1.82, 2.24) is 0 Å². The van der Waals surface area contributed by atoms with Crippen LogP contribution in [0.15, 0.2) is 77.7 Å². The first-order valence-corrected chi connectivity index (χ1v) is 11.3. The minimum atomic E-state index is -4.65. The summed E-state index contributed by atoms with van der Waals surface area (Å²) in [5.41, 5.74) is 5.89. The number of hydrogen-bond donors (Lipinski definition) is 1. The van der Waals surface area contributed by atoms with E-state index < -0.39 is 15.0 Å². The summed E-state index contributed by atoms with van der Waals surface area (Å²) in [6, 6.07) is 18.6. The molecule has 180 valence electrons. The van der Waals surface area contributed by atoms with E-state index in [0.29, 0.717) is 17.9 Å². The molecule has 0 saturated carbocycles. The molecular formula is C24H25NO8S. The first-order valence-electron chi connectivity index (χ1n) is 9.91. The number of carbonyl (C=O) groups is 1. The summed E-state index contributed by atoms with van der Waals surface area (Å²) in [7, 11) is -3.38. The van der Waals surface area contributed by atoms with E-state index in [1.807, 2.05) is 18.2 Å². The van der Waals surface area contributed by atoms with E-state index in [-0.39, 0.29) is 17.0 Å². The number of methoxy groups -OCH3 is 1. The number of hydrogen-bond acceptors (Lipinski definition) is 7. The van der Waals surface area contributed by atoms with Crippen LogP contribution in [0.1, 0.15) is 21.5 Å². The third kappa shape index (κ3) is 6.90. The number of benzene rings is 3. The van der Waals surface area contributed by atoms with Gasteiger partial charge in [0.2, 0.25) is 6.79 Å². The van der Waals surface area contributed by atoms with Crippen LogP contribution in [0.3, 0.4) is 0 Å². The Morgan fingerprint density at radius 3 is 2.41 bits per heavy atom. The Balaban J connectivity index is 0.000000284. The first-order chi connectivity index (χ1) is 15.8. The van der Waals surface area contributed by atoms with E-state index >= 15 is 0 Å². The molecule has 4 rings (SSSR count). The molecule has 9 nitrogen and oxygen atoms in total. The highest BCUT2D eigenvalue weighted by molar-refractivity contribution is 7.85. The van der Waals surface area contributed by atoms with E-state index in [2.05, 4.69) is 5.73 Å². The van der Waals surface area contributed by atoms with E-state index in [1.54, 1.807) is 36.4 Å². The molecule has 0 fully saturated rings. The quantitative estimate of drug-likeness (QED) is 0.315. The zero-order valence-corrected chi connectivity index (χ0v) is 19.2. The second kappa shape index (κ2) is 12.0. The molecule has 1 heterocycles. The Labute approximate surface area is 197 Å². The van der Waals surface area contributed by atoms with Gasteiger partial charge in [-0.3, -0.25) is 4.79 Å². The number of allylic oxidation sites excluding steroid dienone is 1. The molecule has 1 aliphatic rings. The van der Waals surface area contributed by atoms with Gasteiger partial charge in [0.15, 0.2) is 17.3 Å². The highest BCUT2D eigenvalue weighted by Gasteiger charge is 2.13. The summed E-state index contributed by atoms with van der Waals surface area (Å²) in [6.07, 6.45) is 2.77. The molecule has 3 aromatic rings. The lowest BCUT2D eigenvalue weighted by atomic mass is 10.1. The van der Waals surface area contributed by atoms with Crippen LogP contribution in [-0.4, -0.2) is 38.1 Å². The molecule has 0 amide bonds. The normalized spacial score (nSPS) is 11.9. The molecular weight excluding hydrogens is 462 g/mol. The van der Waals surface area contributed by atoms with Crippen LogP contribution >= 0.6 is 0 Å². The second-order valence-corrected chi connectivity index (χ2v) is 8.21. The van der Waals surface area contributed by atoms with Crippen molar-refractivity contribution in [1.29, 1.82) is 0 Å². The topological polar surface area (TPSA) is 161 Å². The molecule has 0 saturated heterocycles. The number of fused-ring (bicyclic) bond motifs is 1. The lowest BCUT2D eigenvalue weighted by Gasteiger charge is -2.12. The van der Waals surface area contributed by atoms with Gasteiger partial charge < -0.3 is 30.0 Å². The maximum Gasteiger partial charge on any atom is 0.231 e. The highest BCUT2D eigenvalue weighted by atomic mass is 32.2. The summed E-state index contributed by atoms with van der Waals surface area (Å²) in [4.78, 5) is 11.5. The van der Waals surface area contributed by atoms with E-state index in [1.165, 1.54) is 37.0 Å². The third-order valence-electron chi connectivity index (χ3n) is 4.67. The van der Waals surface area contributed by atoms with Gasteiger partial charge in [-0.15, -0.1) is 0 Å². The van der Waals surface area contributed by atoms with Gasteiger partial charge in [-0.2, -0.15) is 0 Å². The number of ketones is 1. The molecule has 3 aromatic carbocycles. The molecule has 1 aliphatic heterocycles. The van der Waals surface area contributed by atoms with E-state index in [0.717, 1.165) is 18.0 Å². The van der Waals surface area contributed by atoms with Crippen molar-refractivity contribution < 1.29 is 43.2 Å². The zero-order valence-electron chi connectivity index (χ0n) is 18.4. The Morgan fingerprint density at radius 1 is 1.06 bits per heavy atom. The lowest BCUT2D eigenvalue weighted by Crippen LogP contribution is -2.47. The van der Waals surface area contributed by atoms with Crippen molar-refractivity contribution >= 4 is 22.0 Å². The fourth-order valence-corrected chi connectivity index (χ4v) is 3.64. The average molecular weight is 488 g/mol. The van der Waals surface area contributed by atoms with Gasteiger partial charge >= 0.3 is 0 Å². The number of rotatable bonds is 6. The van der Waals surface area contributed by atoms with E-state index in [9.17, 15) is 17.8 Å². The summed E-state index contributed by atoms with van der Waals surface area (Å²) < 4.78 is 48.8. The molecule has 0 aliphatic carbocycles. The Morgan fingerprint density at radius 2 is 1.76 bits per heavy atom. The van der Waals surface area contributed by atoms with E-state index in [4.69, 9.17) is 14.2 Å². The van der Waals surface area contributed by atoms with Crippen LogP contribution in [0.2, 0.25) is 0 Å². The summed E-state index contributed by atoms with van der Waals surface area (Å²) >= 11 is 0. The predicted octanol–water partition coefficient (Wildman–Crippen LogP) is 1.83. The average Bonchev–Trinajstić information content (AvgIpc) is 3.30. The molecule has 0 radical (unpaired) electrons. The standard InChI is InChI=1S/C16H14O5S.C8H9NO2.H2O/c1-21-15-10-8-12(11-16(15)22(18,19)20)7-9-14(17)13-5-3-2-4-6-13;9-4-6-1-2-7-8(3-6)11-5-10-7;/h2-11H,1H3,(H,18,19,20);1-3H,4-5,9H2;1H2/b9-7+;;. The van der Waals surface area contributed by atoms with Crippen LogP contribution in [0.25, 0.3) is 6.08 Å². The van der Waals surface area contributed by atoms with Crippen molar-refractivity contribution in [3.8, 4) is 17.2 Å². The molecule has 0 unspecified atom stereocenters. The molecule has 34 heavy (non-hydrogen) atoms. The SMILES string of the molecule is COc1ccc(/C=C/C(=O)c2ccccc2)cc1S(=O)(=O)[O-].O.[NH3+]Cc1ccc2c(c1)OCO2. The van der Waals surface area contributed by atoms with Gasteiger partial charge in [-0.1, -0.05) is 42.5 Å².